The van der Waals surface area contributed by atoms with Gasteiger partial charge in [0.05, 0.1) is 0 Å². The van der Waals surface area contributed by atoms with Crippen LogP contribution < -0.4 is 15.6 Å². The number of rotatable bonds is 1. The van der Waals surface area contributed by atoms with E-state index in [2.05, 4.69) is 15.6 Å². The summed E-state index contributed by atoms with van der Waals surface area (Å²) in [5.41, 5.74) is 3.09. The number of hydrogen-bond acceptors (Lipinski definition) is 3. The molecular formula is C5H12N3S2+2. The third-order valence-corrected chi connectivity index (χ3v) is 2.28. The molecule has 0 bridgehead atoms. The molecule has 0 aliphatic carbocycles. The fourth-order valence-corrected chi connectivity index (χ4v) is 1.31. The van der Waals surface area contributed by atoms with Gasteiger partial charge in [0.25, 0.3) is 0 Å². The van der Waals surface area contributed by atoms with Crippen molar-refractivity contribution in [3.8, 4) is 0 Å². The summed E-state index contributed by atoms with van der Waals surface area (Å²) in [7, 11) is 0. The van der Waals surface area contributed by atoms with Crippen molar-refractivity contribution in [2.45, 2.75) is 12.8 Å². The van der Waals surface area contributed by atoms with Crippen LogP contribution in [0, 0.1) is 0 Å². The van der Waals surface area contributed by atoms with Crippen LogP contribution in [0.1, 0.15) is 12.8 Å². The molecule has 1 rings (SSSR count). The molecule has 4 N–H and O–H groups in total. The van der Waals surface area contributed by atoms with Gasteiger partial charge in [-0.05, 0) is 12.2 Å². The van der Waals surface area contributed by atoms with Crippen molar-refractivity contribution in [2.24, 2.45) is 0 Å². The first-order valence-electron chi connectivity index (χ1n) is 3.30. The predicted molar refractivity (Wildman–Crippen MR) is 47.3 cm³/mol. The molecule has 0 amide bonds. The molecule has 1 heterocycles. The van der Waals surface area contributed by atoms with Crippen LogP contribution in [0.15, 0.2) is 0 Å². The minimum atomic E-state index is 0.766. The van der Waals surface area contributed by atoms with Crippen molar-refractivity contribution in [3.63, 3.8) is 0 Å². The second-order valence-electron chi connectivity index (χ2n) is 2.24. The van der Waals surface area contributed by atoms with E-state index in [1.807, 2.05) is 0 Å². The van der Waals surface area contributed by atoms with E-state index in [-0.39, 0.29) is 0 Å². The van der Waals surface area contributed by atoms with Gasteiger partial charge in [-0.15, -0.1) is 0 Å². The summed E-state index contributed by atoms with van der Waals surface area (Å²) >= 11 is 6.28. The van der Waals surface area contributed by atoms with Crippen LogP contribution in [0.5, 0.6) is 0 Å². The van der Waals surface area contributed by atoms with Gasteiger partial charge in [0, 0.05) is 12.8 Å². The molecule has 1 aliphatic heterocycles. The number of nitrogens with one attached hydrogen (secondary N) is 1. The Morgan fingerprint density at radius 1 is 1.50 bits per heavy atom. The Morgan fingerprint density at radius 2 is 2.10 bits per heavy atom. The van der Waals surface area contributed by atoms with Crippen molar-refractivity contribution in [1.82, 2.24) is 10.4 Å². The number of hydrazine groups is 1. The van der Waals surface area contributed by atoms with E-state index in [1.54, 1.807) is 0 Å². The highest BCUT2D eigenvalue weighted by Crippen LogP contribution is 2.01. The summed E-state index contributed by atoms with van der Waals surface area (Å²) in [6, 6.07) is 0. The molecule has 10 heavy (non-hydrogen) atoms. The van der Waals surface area contributed by atoms with Crippen LogP contribution in [-0.4, -0.2) is 17.4 Å². The minimum Gasteiger partial charge on any atom is -0.289 e. The average molecular weight is 178 g/mol. The summed E-state index contributed by atoms with van der Waals surface area (Å²) < 4.78 is 0.766. The zero-order chi connectivity index (χ0) is 7.40. The van der Waals surface area contributed by atoms with Crippen molar-refractivity contribution >= 4 is 28.5 Å². The van der Waals surface area contributed by atoms with E-state index in [0.717, 1.165) is 17.4 Å². The van der Waals surface area contributed by atoms with E-state index in [4.69, 9.17) is 12.2 Å². The smallest absolute Gasteiger partial charge is 0.244 e. The van der Waals surface area contributed by atoms with Gasteiger partial charge in [0.1, 0.15) is 11.9 Å². The molecule has 0 spiro atoms. The minimum absolute atomic E-state index is 0.766. The van der Waals surface area contributed by atoms with Gasteiger partial charge in [-0.3, -0.25) is 5.14 Å². The monoisotopic (exact) mass is 178 g/mol. The molecule has 0 atom stereocenters. The Kier molecular flexibility index (Phi) is 3.41. The van der Waals surface area contributed by atoms with E-state index < -0.39 is 0 Å². The highest BCUT2D eigenvalue weighted by Gasteiger charge is 2.22. The lowest BCUT2D eigenvalue weighted by atomic mass is 10.4. The van der Waals surface area contributed by atoms with E-state index in [1.165, 1.54) is 24.8 Å². The normalized spacial score (nSPS) is 19.3. The molecular weight excluding hydrogens is 166 g/mol. The Balaban J connectivity index is 2.17. The third-order valence-electron chi connectivity index (χ3n) is 1.49. The first kappa shape index (κ1) is 8.26. The molecule has 0 saturated carbocycles. The van der Waals surface area contributed by atoms with Gasteiger partial charge >= 0.3 is 0 Å². The maximum atomic E-state index is 4.94. The molecule has 57 valence electrons. The fraction of sp³-hybridized carbons (Fsp3) is 0.800. The first-order chi connectivity index (χ1) is 4.83. The highest BCUT2D eigenvalue weighted by atomic mass is 32.2. The Morgan fingerprint density at radius 3 is 2.60 bits per heavy atom. The molecule has 1 fully saturated rings. The Bertz CT molecular complexity index is 122. The summed E-state index contributed by atoms with van der Waals surface area (Å²) in [6.45, 7) is 2.22. The van der Waals surface area contributed by atoms with Crippen LogP contribution in [-0.2, 0) is 0 Å². The van der Waals surface area contributed by atoms with Crippen molar-refractivity contribution in [1.29, 1.82) is 0 Å². The molecule has 1 aliphatic rings. The lowest BCUT2D eigenvalue weighted by molar-refractivity contribution is -0.133. The summed E-state index contributed by atoms with van der Waals surface area (Å²) in [5, 5.41) is 5.75. The summed E-state index contributed by atoms with van der Waals surface area (Å²) in [4.78, 5) is 0. The Labute approximate surface area is 70.4 Å². The van der Waals surface area contributed by atoms with Crippen LogP contribution in [0.3, 0.4) is 0 Å². The van der Waals surface area contributed by atoms with Crippen LogP contribution in [0.4, 0.5) is 0 Å². The maximum absolute atomic E-state index is 4.94. The van der Waals surface area contributed by atoms with E-state index in [9.17, 15) is 0 Å². The number of quaternary nitrogens is 1. The van der Waals surface area contributed by atoms with Crippen molar-refractivity contribution in [2.75, 3.05) is 13.1 Å². The zero-order valence-electron chi connectivity index (χ0n) is 5.80. The maximum Gasteiger partial charge on any atom is 0.244 e. The van der Waals surface area contributed by atoms with Crippen molar-refractivity contribution in [3.05, 3.63) is 0 Å². The molecule has 1 radical (unpaired) electrons. The van der Waals surface area contributed by atoms with Crippen LogP contribution in [0.25, 0.3) is 0 Å². The molecule has 0 aromatic rings. The van der Waals surface area contributed by atoms with E-state index in [0.29, 0.717) is 0 Å². The van der Waals surface area contributed by atoms with Gasteiger partial charge in [0.2, 0.25) is 4.32 Å². The lowest BCUT2D eigenvalue weighted by Crippen LogP contribution is -2.49. The molecule has 0 unspecified atom stereocenters. The third kappa shape index (κ3) is 2.42. The molecule has 5 heteroatoms. The zero-order valence-corrected chi connectivity index (χ0v) is 7.43. The molecule has 0 aromatic carbocycles. The standard InChI is InChI=1S/C5H11N3S2/c6-10-5(9)7-8-3-1-2-4-8/h1-4,6H2,(H,7,9)/q+1/p+1. The van der Waals surface area contributed by atoms with Gasteiger partial charge < -0.3 is 0 Å². The summed E-state index contributed by atoms with van der Waals surface area (Å²) in [5.74, 6) is 0. The highest BCUT2D eigenvalue weighted by molar-refractivity contribution is 8.18. The van der Waals surface area contributed by atoms with Gasteiger partial charge in [-0.1, -0.05) is 5.01 Å². The summed E-state index contributed by atoms with van der Waals surface area (Å²) in [6.07, 6.45) is 2.55. The quantitative estimate of drug-likeness (QED) is 0.326. The van der Waals surface area contributed by atoms with Crippen LogP contribution >= 0.6 is 24.2 Å². The fourth-order valence-electron chi connectivity index (χ4n) is 0.990. The molecule has 1 saturated heterocycles. The Hall–Kier alpha value is 0.160. The van der Waals surface area contributed by atoms with Gasteiger partial charge in [-0.25, -0.2) is 0 Å². The second-order valence-corrected chi connectivity index (χ2v) is 3.60. The van der Waals surface area contributed by atoms with Crippen LogP contribution in [0.2, 0.25) is 0 Å². The number of hydrogen-bond donors (Lipinski definition) is 2. The molecule has 3 nitrogen and oxygen atoms in total. The number of thiocarbonyl (C=S) groups is 1. The topological polar surface area (TPSA) is 45.6 Å². The van der Waals surface area contributed by atoms with E-state index >= 15 is 0 Å². The second kappa shape index (κ2) is 4.12. The van der Waals surface area contributed by atoms with Gasteiger partial charge in [0.15, 0.2) is 13.1 Å². The van der Waals surface area contributed by atoms with Gasteiger partial charge in [-0.2, -0.15) is 5.43 Å². The average Bonchev–Trinajstić information content (AvgIpc) is 2.40. The number of nitrogens with zero attached hydrogens (tertiary/aromatic N) is 1. The lowest BCUT2D eigenvalue weighted by Gasteiger charge is -2.02. The SMILES string of the molecule is [NH3+]SC(=S)N[N+]1CCCC1. The largest absolute Gasteiger partial charge is 0.289 e. The first-order valence-corrected chi connectivity index (χ1v) is 4.70. The predicted octanol–water partition coefficient (Wildman–Crippen LogP) is -0.400. The molecule has 0 aromatic heterocycles. The van der Waals surface area contributed by atoms with Crippen molar-refractivity contribution < 1.29 is 5.14 Å².